The van der Waals surface area contributed by atoms with Crippen LogP contribution in [0.25, 0.3) is 0 Å². The minimum Gasteiger partial charge on any atom is -0.507 e. The van der Waals surface area contributed by atoms with Crippen LogP contribution >= 0.6 is 0 Å². The standard InChI is InChI=1S/C10H18O4.C7H6O2/c1(3-11-5-9-7-13-9)2-4-12-6-10-8-14-10;8-5-6-3-1-2-4-7(6)9/h9-10H,1-8H2;1-5,9H. The average Bonchev–Trinajstić information content (AvgIpc) is 3.46. The van der Waals surface area contributed by atoms with Gasteiger partial charge in [0.1, 0.15) is 18.0 Å². The summed E-state index contributed by atoms with van der Waals surface area (Å²) in [5.41, 5.74) is 0.331. The summed E-state index contributed by atoms with van der Waals surface area (Å²) in [6, 6.07) is 6.40. The highest BCUT2D eigenvalue weighted by atomic mass is 16.6. The van der Waals surface area contributed by atoms with Crippen LogP contribution < -0.4 is 0 Å². The maximum Gasteiger partial charge on any atom is 0.153 e. The number of ether oxygens (including phenoxy) is 4. The van der Waals surface area contributed by atoms with E-state index in [-0.39, 0.29) is 5.75 Å². The molecule has 0 amide bonds. The molecule has 1 aromatic carbocycles. The Labute approximate surface area is 136 Å². The molecule has 2 unspecified atom stereocenters. The molecule has 2 aliphatic heterocycles. The molecule has 128 valence electrons. The number of hydrogen-bond donors (Lipinski definition) is 1. The van der Waals surface area contributed by atoms with Gasteiger partial charge >= 0.3 is 0 Å². The van der Waals surface area contributed by atoms with Crippen LogP contribution in [-0.2, 0) is 18.9 Å². The highest BCUT2D eigenvalue weighted by Crippen LogP contribution is 2.12. The topological polar surface area (TPSA) is 80.8 Å². The van der Waals surface area contributed by atoms with E-state index in [0.29, 0.717) is 24.1 Å². The third-order valence-corrected chi connectivity index (χ3v) is 3.30. The fourth-order valence-electron chi connectivity index (χ4n) is 1.75. The van der Waals surface area contributed by atoms with E-state index in [9.17, 15) is 4.79 Å². The molecule has 23 heavy (non-hydrogen) atoms. The number of epoxide rings is 2. The molecule has 3 rings (SSSR count). The van der Waals surface area contributed by atoms with Gasteiger partial charge in [-0.2, -0.15) is 0 Å². The van der Waals surface area contributed by atoms with Gasteiger partial charge in [0.05, 0.1) is 32.0 Å². The molecule has 1 aromatic rings. The van der Waals surface area contributed by atoms with Crippen LogP contribution in [0.2, 0.25) is 0 Å². The average molecular weight is 324 g/mol. The molecule has 0 aromatic heterocycles. The molecule has 0 aliphatic carbocycles. The summed E-state index contributed by atoms with van der Waals surface area (Å²) in [7, 11) is 0. The Hall–Kier alpha value is -1.47. The zero-order valence-corrected chi connectivity index (χ0v) is 13.2. The maximum absolute atomic E-state index is 10.1. The number of unbranched alkanes of at least 4 members (excludes halogenated alkanes) is 1. The van der Waals surface area contributed by atoms with Crippen molar-refractivity contribution in [1.29, 1.82) is 0 Å². The van der Waals surface area contributed by atoms with Crippen molar-refractivity contribution >= 4 is 6.29 Å². The lowest BCUT2D eigenvalue weighted by atomic mass is 10.2. The third kappa shape index (κ3) is 8.66. The van der Waals surface area contributed by atoms with Crippen LogP contribution in [0.5, 0.6) is 5.75 Å². The number of carbonyl (C=O) groups is 1. The van der Waals surface area contributed by atoms with Gasteiger partial charge in [0.15, 0.2) is 6.29 Å². The van der Waals surface area contributed by atoms with E-state index in [4.69, 9.17) is 24.1 Å². The van der Waals surface area contributed by atoms with Crippen LogP contribution in [0.15, 0.2) is 24.3 Å². The van der Waals surface area contributed by atoms with Crippen molar-refractivity contribution in [2.45, 2.75) is 25.0 Å². The zero-order valence-electron chi connectivity index (χ0n) is 13.2. The van der Waals surface area contributed by atoms with Gasteiger partial charge in [-0.05, 0) is 25.0 Å². The largest absolute Gasteiger partial charge is 0.507 e. The Morgan fingerprint density at radius 2 is 1.57 bits per heavy atom. The first-order valence-corrected chi connectivity index (χ1v) is 7.91. The summed E-state index contributed by atoms with van der Waals surface area (Å²) in [6.45, 7) is 4.93. The van der Waals surface area contributed by atoms with Gasteiger partial charge in [-0.1, -0.05) is 12.1 Å². The Morgan fingerprint density at radius 3 is 1.96 bits per heavy atom. The van der Waals surface area contributed by atoms with E-state index in [1.165, 1.54) is 6.07 Å². The first-order chi connectivity index (χ1) is 11.3. The summed E-state index contributed by atoms with van der Waals surface area (Å²) in [5, 5.41) is 8.88. The summed E-state index contributed by atoms with van der Waals surface area (Å²) >= 11 is 0. The molecule has 1 N–H and O–H groups in total. The predicted molar refractivity (Wildman–Crippen MR) is 83.8 cm³/mol. The summed E-state index contributed by atoms with van der Waals surface area (Å²) in [5.74, 6) is 0.0347. The lowest BCUT2D eigenvalue weighted by Crippen LogP contribution is -2.05. The minimum atomic E-state index is 0.0347. The highest BCUT2D eigenvalue weighted by Gasteiger charge is 2.22. The van der Waals surface area contributed by atoms with Crippen LogP contribution in [0.4, 0.5) is 0 Å². The molecule has 2 saturated heterocycles. The smallest absolute Gasteiger partial charge is 0.153 e. The first-order valence-electron chi connectivity index (χ1n) is 7.91. The number of aldehydes is 1. The van der Waals surface area contributed by atoms with Crippen LogP contribution in [0.3, 0.4) is 0 Å². The molecule has 2 aliphatic rings. The van der Waals surface area contributed by atoms with Gasteiger partial charge in [-0.3, -0.25) is 4.79 Å². The number of phenolic OH excluding ortho intramolecular Hbond substituents is 1. The van der Waals surface area contributed by atoms with Gasteiger partial charge in [0.2, 0.25) is 0 Å². The number of rotatable bonds is 10. The SMILES string of the molecule is C(CCOCC1CO1)COCC1CO1.O=Cc1ccccc1O. The van der Waals surface area contributed by atoms with Gasteiger partial charge in [0.25, 0.3) is 0 Å². The summed E-state index contributed by atoms with van der Waals surface area (Å²) in [4.78, 5) is 10.1. The van der Waals surface area contributed by atoms with Crippen molar-refractivity contribution in [2.24, 2.45) is 0 Å². The molecule has 2 atom stereocenters. The monoisotopic (exact) mass is 324 g/mol. The lowest BCUT2D eigenvalue weighted by Gasteiger charge is -2.03. The van der Waals surface area contributed by atoms with E-state index in [1.54, 1.807) is 18.2 Å². The van der Waals surface area contributed by atoms with E-state index in [2.05, 4.69) is 0 Å². The Kier molecular flexibility index (Phi) is 8.03. The first kappa shape index (κ1) is 17.9. The molecule has 2 heterocycles. The second kappa shape index (κ2) is 10.3. The quantitative estimate of drug-likeness (QED) is 0.401. The zero-order chi connectivity index (χ0) is 16.3. The number of aromatic hydroxyl groups is 1. The van der Waals surface area contributed by atoms with E-state index in [1.807, 2.05) is 0 Å². The van der Waals surface area contributed by atoms with E-state index < -0.39 is 0 Å². The molecular formula is C17H24O6. The van der Waals surface area contributed by atoms with Gasteiger partial charge in [0, 0.05) is 13.2 Å². The molecular weight excluding hydrogens is 300 g/mol. The third-order valence-electron chi connectivity index (χ3n) is 3.30. The van der Waals surface area contributed by atoms with Crippen molar-refractivity contribution in [3.05, 3.63) is 29.8 Å². The van der Waals surface area contributed by atoms with Gasteiger partial charge < -0.3 is 24.1 Å². The van der Waals surface area contributed by atoms with Gasteiger partial charge in [-0.25, -0.2) is 0 Å². The number of hydrogen-bond acceptors (Lipinski definition) is 6. The van der Waals surface area contributed by atoms with Crippen molar-refractivity contribution < 1.29 is 28.8 Å². The predicted octanol–water partition coefficient (Wildman–Crippen LogP) is 1.80. The molecule has 6 nitrogen and oxygen atoms in total. The number of carbonyl (C=O) groups excluding carboxylic acids is 1. The molecule has 2 fully saturated rings. The van der Waals surface area contributed by atoms with Crippen LogP contribution in [-0.4, -0.2) is 63.2 Å². The summed E-state index contributed by atoms with van der Waals surface area (Å²) in [6.07, 6.45) is 3.53. The normalized spacial score (nSPS) is 21.2. The van der Waals surface area contributed by atoms with E-state index >= 15 is 0 Å². The number of para-hydroxylation sites is 1. The number of benzene rings is 1. The molecule has 6 heteroatoms. The second-order valence-electron chi connectivity index (χ2n) is 5.44. The Bertz CT molecular complexity index is 438. The highest BCUT2D eigenvalue weighted by molar-refractivity contribution is 5.78. The van der Waals surface area contributed by atoms with Crippen molar-refractivity contribution in [3.8, 4) is 5.75 Å². The number of phenols is 1. The summed E-state index contributed by atoms with van der Waals surface area (Å²) < 4.78 is 20.8. The Balaban J connectivity index is 0.000000185. The van der Waals surface area contributed by atoms with Gasteiger partial charge in [-0.15, -0.1) is 0 Å². The minimum absolute atomic E-state index is 0.0347. The molecule has 0 bridgehead atoms. The maximum atomic E-state index is 10.1. The Morgan fingerprint density at radius 1 is 1.04 bits per heavy atom. The van der Waals surface area contributed by atoms with Crippen molar-refractivity contribution in [1.82, 2.24) is 0 Å². The van der Waals surface area contributed by atoms with Crippen molar-refractivity contribution in [2.75, 3.05) is 39.6 Å². The van der Waals surface area contributed by atoms with Crippen LogP contribution in [0.1, 0.15) is 23.2 Å². The fraction of sp³-hybridized carbons (Fsp3) is 0.588. The van der Waals surface area contributed by atoms with Crippen molar-refractivity contribution in [3.63, 3.8) is 0 Å². The molecule has 0 saturated carbocycles. The molecule has 0 spiro atoms. The van der Waals surface area contributed by atoms with E-state index in [0.717, 1.165) is 52.5 Å². The lowest BCUT2D eigenvalue weighted by molar-refractivity contribution is 0.0885. The molecule has 0 radical (unpaired) electrons. The van der Waals surface area contributed by atoms with Crippen LogP contribution in [0, 0.1) is 0 Å². The fourth-order valence-corrected chi connectivity index (χ4v) is 1.75. The second-order valence-corrected chi connectivity index (χ2v) is 5.44.